The van der Waals surface area contributed by atoms with E-state index in [9.17, 15) is 10.1 Å². The maximum absolute atomic E-state index is 10.4. The Morgan fingerprint density at radius 3 is 2.81 bits per heavy atom. The summed E-state index contributed by atoms with van der Waals surface area (Å²) >= 11 is 0. The van der Waals surface area contributed by atoms with Gasteiger partial charge in [-0.15, -0.1) is 0 Å². The van der Waals surface area contributed by atoms with Gasteiger partial charge < -0.3 is 0 Å². The first-order valence-electron chi connectivity index (χ1n) is 5.62. The van der Waals surface area contributed by atoms with Gasteiger partial charge in [0.1, 0.15) is 0 Å². The summed E-state index contributed by atoms with van der Waals surface area (Å²) in [7, 11) is 0. The molecule has 4 heteroatoms. The van der Waals surface area contributed by atoms with Crippen LogP contribution in [0.3, 0.4) is 0 Å². The molecule has 1 aliphatic rings. The van der Waals surface area contributed by atoms with E-state index in [4.69, 9.17) is 0 Å². The van der Waals surface area contributed by atoms with Crippen LogP contribution in [-0.2, 0) is 6.54 Å². The Morgan fingerprint density at radius 2 is 2.12 bits per heavy atom. The molecule has 1 aliphatic heterocycles. The van der Waals surface area contributed by atoms with Crippen LogP contribution in [0.1, 0.15) is 12.0 Å². The van der Waals surface area contributed by atoms with Crippen LogP contribution in [0, 0.1) is 16.0 Å². The van der Waals surface area contributed by atoms with E-state index in [2.05, 4.69) is 17.0 Å². The molecular formula is C12H16N2O2. The average Bonchev–Trinajstić information content (AvgIpc) is 2.66. The summed E-state index contributed by atoms with van der Waals surface area (Å²) in [5, 5.41) is 10.4. The quantitative estimate of drug-likeness (QED) is 0.574. The first-order valence-corrected chi connectivity index (χ1v) is 5.62. The highest BCUT2D eigenvalue weighted by Gasteiger charge is 2.25. The van der Waals surface area contributed by atoms with Gasteiger partial charge in [-0.1, -0.05) is 30.3 Å². The van der Waals surface area contributed by atoms with Gasteiger partial charge in [0.15, 0.2) is 0 Å². The highest BCUT2D eigenvalue weighted by Crippen LogP contribution is 2.18. The van der Waals surface area contributed by atoms with Gasteiger partial charge in [0.2, 0.25) is 6.54 Å². The van der Waals surface area contributed by atoms with E-state index < -0.39 is 0 Å². The monoisotopic (exact) mass is 220 g/mol. The Labute approximate surface area is 95.0 Å². The number of rotatable bonds is 4. The van der Waals surface area contributed by atoms with Gasteiger partial charge in [0.25, 0.3) is 0 Å². The van der Waals surface area contributed by atoms with Crippen molar-refractivity contribution in [3.63, 3.8) is 0 Å². The van der Waals surface area contributed by atoms with Crippen LogP contribution >= 0.6 is 0 Å². The van der Waals surface area contributed by atoms with E-state index in [0.29, 0.717) is 0 Å². The van der Waals surface area contributed by atoms with Gasteiger partial charge in [-0.2, -0.15) is 0 Å². The lowest BCUT2D eigenvalue weighted by molar-refractivity contribution is -0.487. The van der Waals surface area contributed by atoms with Gasteiger partial charge in [-0.3, -0.25) is 15.0 Å². The van der Waals surface area contributed by atoms with E-state index in [1.165, 1.54) is 5.56 Å². The molecule has 1 heterocycles. The number of hydrogen-bond acceptors (Lipinski definition) is 3. The molecule has 0 aromatic heterocycles. The normalized spacial score (nSPS) is 21.1. The number of nitro groups is 1. The lowest BCUT2D eigenvalue weighted by Crippen LogP contribution is -2.22. The zero-order valence-electron chi connectivity index (χ0n) is 9.21. The van der Waals surface area contributed by atoms with Crippen molar-refractivity contribution < 1.29 is 4.92 Å². The number of hydrogen-bond donors (Lipinski definition) is 0. The second-order valence-electron chi connectivity index (χ2n) is 4.39. The first kappa shape index (κ1) is 11.1. The van der Waals surface area contributed by atoms with E-state index in [0.717, 1.165) is 26.1 Å². The van der Waals surface area contributed by atoms with Crippen molar-refractivity contribution in [1.82, 2.24) is 4.90 Å². The molecule has 1 fully saturated rings. The maximum atomic E-state index is 10.4. The summed E-state index contributed by atoms with van der Waals surface area (Å²) in [6.45, 7) is 2.86. The molecular weight excluding hydrogens is 204 g/mol. The minimum Gasteiger partial charge on any atom is -0.299 e. The molecule has 1 aromatic carbocycles. The largest absolute Gasteiger partial charge is 0.299 e. The minimum absolute atomic E-state index is 0.116. The zero-order valence-corrected chi connectivity index (χ0v) is 9.21. The van der Waals surface area contributed by atoms with Crippen LogP contribution in [0.4, 0.5) is 0 Å². The molecule has 0 amide bonds. The molecule has 1 aromatic rings. The lowest BCUT2D eigenvalue weighted by atomic mass is 10.1. The van der Waals surface area contributed by atoms with Gasteiger partial charge in [0, 0.05) is 23.9 Å². The molecule has 0 saturated carbocycles. The molecule has 0 spiro atoms. The van der Waals surface area contributed by atoms with Gasteiger partial charge >= 0.3 is 0 Å². The molecule has 1 unspecified atom stereocenters. The van der Waals surface area contributed by atoms with Gasteiger partial charge in [-0.05, 0) is 18.5 Å². The summed E-state index contributed by atoms with van der Waals surface area (Å²) in [5.74, 6) is 0.235. The van der Waals surface area contributed by atoms with Crippen LogP contribution in [-0.4, -0.2) is 29.5 Å². The second-order valence-corrected chi connectivity index (χ2v) is 4.39. The Bertz CT molecular complexity index is 353. The van der Waals surface area contributed by atoms with Gasteiger partial charge in [0.05, 0.1) is 0 Å². The number of nitrogens with zero attached hydrogens (tertiary/aromatic N) is 2. The molecule has 86 valence electrons. The highest BCUT2D eigenvalue weighted by atomic mass is 16.6. The molecule has 0 N–H and O–H groups in total. The van der Waals surface area contributed by atoms with Crippen LogP contribution in [0.15, 0.2) is 30.3 Å². The average molecular weight is 220 g/mol. The van der Waals surface area contributed by atoms with E-state index in [1.54, 1.807) is 0 Å². The highest BCUT2D eigenvalue weighted by molar-refractivity contribution is 5.14. The molecule has 1 atom stereocenters. The van der Waals surface area contributed by atoms with E-state index in [-0.39, 0.29) is 17.4 Å². The van der Waals surface area contributed by atoms with Crippen molar-refractivity contribution in [2.75, 3.05) is 19.6 Å². The van der Waals surface area contributed by atoms with Gasteiger partial charge in [-0.25, -0.2) is 0 Å². The number of benzene rings is 1. The maximum Gasteiger partial charge on any atom is 0.207 e. The predicted molar refractivity (Wildman–Crippen MR) is 61.7 cm³/mol. The standard InChI is InChI=1S/C12H16N2O2/c15-14(16)10-12-6-7-13(9-12)8-11-4-2-1-3-5-11/h1-5,12H,6-10H2. The molecule has 0 bridgehead atoms. The smallest absolute Gasteiger partial charge is 0.207 e. The van der Waals surface area contributed by atoms with Crippen molar-refractivity contribution in [3.05, 3.63) is 46.0 Å². The predicted octanol–water partition coefficient (Wildman–Crippen LogP) is 1.79. The van der Waals surface area contributed by atoms with Crippen molar-refractivity contribution in [2.24, 2.45) is 5.92 Å². The molecule has 4 nitrogen and oxygen atoms in total. The Kier molecular flexibility index (Phi) is 3.51. The van der Waals surface area contributed by atoms with Crippen LogP contribution in [0.5, 0.6) is 0 Å². The number of likely N-dealkylation sites (tertiary alicyclic amines) is 1. The Hall–Kier alpha value is -1.42. The molecule has 1 saturated heterocycles. The third-order valence-corrected chi connectivity index (χ3v) is 3.03. The fraction of sp³-hybridized carbons (Fsp3) is 0.500. The van der Waals surface area contributed by atoms with Crippen LogP contribution in [0.25, 0.3) is 0 Å². The fourth-order valence-electron chi connectivity index (χ4n) is 2.26. The first-order chi connectivity index (χ1) is 7.74. The van der Waals surface area contributed by atoms with Crippen molar-refractivity contribution in [1.29, 1.82) is 0 Å². The summed E-state index contributed by atoms with van der Waals surface area (Å²) in [6, 6.07) is 10.3. The molecule has 0 radical (unpaired) electrons. The van der Waals surface area contributed by atoms with E-state index >= 15 is 0 Å². The summed E-state index contributed by atoms with van der Waals surface area (Å²) < 4.78 is 0. The summed E-state index contributed by atoms with van der Waals surface area (Å²) in [6.07, 6.45) is 0.952. The van der Waals surface area contributed by atoms with Crippen LogP contribution in [0.2, 0.25) is 0 Å². The van der Waals surface area contributed by atoms with Crippen LogP contribution < -0.4 is 0 Å². The van der Waals surface area contributed by atoms with Crippen molar-refractivity contribution in [2.45, 2.75) is 13.0 Å². The molecule has 0 aliphatic carbocycles. The topological polar surface area (TPSA) is 46.4 Å². The van der Waals surface area contributed by atoms with Crippen molar-refractivity contribution >= 4 is 0 Å². The fourth-order valence-corrected chi connectivity index (χ4v) is 2.26. The lowest BCUT2D eigenvalue weighted by Gasteiger charge is -2.14. The third-order valence-electron chi connectivity index (χ3n) is 3.03. The SMILES string of the molecule is O=[N+]([O-])CC1CCN(Cc2ccccc2)C1. The minimum atomic E-state index is -0.198. The second kappa shape index (κ2) is 5.07. The molecule has 2 rings (SSSR count). The zero-order chi connectivity index (χ0) is 11.4. The Morgan fingerprint density at radius 1 is 1.38 bits per heavy atom. The Balaban J connectivity index is 1.83. The molecule has 16 heavy (non-hydrogen) atoms. The summed E-state index contributed by atoms with van der Waals surface area (Å²) in [5.41, 5.74) is 1.28. The van der Waals surface area contributed by atoms with Crippen molar-refractivity contribution in [3.8, 4) is 0 Å². The summed E-state index contributed by atoms with van der Waals surface area (Å²) in [4.78, 5) is 12.5. The third kappa shape index (κ3) is 3.03. The van der Waals surface area contributed by atoms with E-state index in [1.807, 2.05) is 18.2 Å².